The third-order valence-corrected chi connectivity index (χ3v) is 5.33. The van der Waals surface area contributed by atoms with Crippen LogP contribution in [0, 0.1) is 5.82 Å². The molecule has 4 rings (SSSR count). The van der Waals surface area contributed by atoms with Gasteiger partial charge in [0.15, 0.2) is 6.61 Å². The Morgan fingerprint density at radius 3 is 2.72 bits per heavy atom. The number of aromatic nitrogens is 1. The van der Waals surface area contributed by atoms with E-state index in [0.717, 1.165) is 6.07 Å². The van der Waals surface area contributed by atoms with Gasteiger partial charge in [-0.2, -0.15) is 0 Å². The molecule has 0 aliphatic carbocycles. The van der Waals surface area contributed by atoms with Crippen molar-refractivity contribution in [3.05, 3.63) is 60.2 Å². The molecular formula is C23H20FN3O5. The molecule has 0 atom stereocenters. The van der Waals surface area contributed by atoms with E-state index in [-0.39, 0.29) is 18.7 Å². The van der Waals surface area contributed by atoms with E-state index < -0.39 is 29.1 Å². The largest absolute Gasteiger partial charge is 0.483 e. The maximum Gasteiger partial charge on any atom is 0.309 e. The van der Waals surface area contributed by atoms with Crippen LogP contribution in [0.15, 0.2) is 48.7 Å². The first-order valence-corrected chi connectivity index (χ1v) is 9.84. The van der Waals surface area contributed by atoms with Gasteiger partial charge in [0.2, 0.25) is 5.91 Å². The molecule has 1 aliphatic heterocycles. The van der Waals surface area contributed by atoms with Gasteiger partial charge in [-0.05, 0) is 44.2 Å². The molecule has 9 heteroatoms. The molecule has 2 heterocycles. The Kier molecular flexibility index (Phi) is 5.25. The fraction of sp³-hybridized carbons (Fsp3) is 0.217. The quantitative estimate of drug-likeness (QED) is 0.635. The van der Waals surface area contributed by atoms with Crippen LogP contribution in [-0.4, -0.2) is 40.0 Å². The van der Waals surface area contributed by atoms with E-state index >= 15 is 0 Å². The number of carbonyl (C=O) groups is 3. The number of amides is 2. The number of fused-ring (bicyclic) bond motifs is 2. The minimum atomic E-state index is -1.22. The van der Waals surface area contributed by atoms with Crippen LogP contribution in [0.3, 0.4) is 0 Å². The van der Waals surface area contributed by atoms with Crippen molar-refractivity contribution in [2.24, 2.45) is 0 Å². The van der Waals surface area contributed by atoms with Gasteiger partial charge in [-0.1, -0.05) is 12.1 Å². The summed E-state index contributed by atoms with van der Waals surface area (Å²) >= 11 is 0. The number of nitrogens with one attached hydrogen (secondary N) is 1. The Morgan fingerprint density at radius 2 is 1.97 bits per heavy atom. The van der Waals surface area contributed by atoms with Crippen molar-refractivity contribution in [3.8, 4) is 5.75 Å². The van der Waals surface area contributed by atoms with Gasteiger partial charge in [0, 0.05) is 17.0 Å². The van der Waals surface area contributed by atoms with Crippen LogP contribution in [0.5, 0.6) is 5.75 Å². The van der Waals surface area contributed by atoms with Gasteiger partial charge in [-0.25, -0.2) is 4.39 Å². The average Bonchev–Trinajstić information content (AvgIpc) is 2.73. The smallest absolute Gasteiger partial charge is 0.309 e. The molecule has 0 saturated heterocycles. The Labute approximate surface area is 182 Å². The predicted octanol–water partition coefficient (Wildman–Crippen LogP) is 3.14. The zero-order chi connectivity index (χ0) is 23.0. The predicted molar refractivity (Wildman–Crippen MR) is 115 cm³/mol. The lowest BCUT2D eigenvalue weighted by Crippen LogP contribution is -2.59. The third kappa shape index (κ3) is 3.73. The van der Waals surface area contributed by atoms with Crippen molar-refractivity contribution in [1.29, 1.82) is 0 Å². The van der Waals surface area contributed by atoms with Crippen molar-refractivity contribution in [2.75, 3.05) is 16.8 Å². The summed E-state index contributed by atoms with van der Waals surface area (Å²) in [4.78, 5) is 42.3. The molecule has 2 amide bonds. The number of halogens is 1. The average molecular weight is 437 g/mol. The molecule has 0 fully saturated rings. The molecule has 8 nitrogen and oxygen atoms in total. The lowest BCUT2D eigenvalue weighted by molar-refractivity contribution is -0.136. The first kappa shape index (κ1) is 21.2. The van der Waals surface area contributed by atoms with Crippen LogP contribution < -0.4 is 15.0 Å². The van der Waals surface area contributed by atoms with Crippen LogP contribution in [0.25, 0.3) is 10.8 Å². The molecule has 0 bridgehead atoms. The topological polar surface area (TPSA) is 109 Å². The molecule has 0 saturated carbocycles. The minimum absolute atomic E-state index is 0.206. The maximum absolute atomic E-state index is 13.7. The molecule has 3 aromatic rings. The van der Waals surface area contributed by atoms with E-state index in [4.69, 9.17) is 9.84 Å². The number of carbonyl (C=O) groups excluding carboxylic acids is 2. The second kappa shape index (κ2) is 7.92. The van der Waals surface area contributed by atoms with Crippen LogP contribution in [0.2, 0.25) is 0 Å². The summed E-state index contributed by atoms with van der Waals surface area (Å²) in [5.41, 5.74) is -0.257. The first-order valence-electron chi connectivity index (χ1n) is 9.84. The van der Waals surface area contributed by atoms with Crippen molar-refractivity contribution in [1.82, 2.24) is 4.98 Å². The number of hydrogen-bond acceptors (Lipinski definition) is 5. The fourth-order valence-corrected chi connectivity index (χ4v) is 3.78. The molecule has 0 radical (unpaired) electrons. The van der Waals surface area contributed by atoms with E-state index in [1.54, 1.807) is 38.1 Å². The molecular weight excluding hydrogens is 417 g/mol. The highest BCUT2D eigenvalue weighted by atomic mass is 19.1. The third-order valence-electron chi connectivity index (χ3n) is 5.33. The number of carboxylic acids is 1. The van der Waals surface area contributed by atoms with Gasteiger partial charge in [0.05, 0.1) is 23.5 Å². The number of rotatable bonds is 5. The molecule has 2 N–H and O–H groups in total. The maximum atomic E-state index is 13.7. The van der Waals surface area contributed by atoms with Gasteiger partial charge in [0.1, 0.15) is 17.1 Å². The summed E-state index contributed by atoms with van der Waals surface area (Å²) in [6.07, 6.45) is 1.24. The Bertz CT molecular complexity index is 1260. The highest BCUT2D eigenvalue weighted by Crippen LogP contribution is 2.37. The van der Waals surface area contributed by atoms with Crippen LogP contribution in [0.1, 0.15) is 19.5 Å². The Hall–Kier alpha value is -4.01. The van der Waals surface area contributed by atoms with Gasteiger partial charge in [-0.15, -0.1) is 0 Å². The summed E-state index contributed by atoms with van der Waals surface area (Å²) in [5.74, 6) is -2.10. The van der Waals surface area contributed by atoms with Crippen molar-refractivity contribution >= 4 is 39.9 Å². The van der Waals surface area contributed by atoms with Crippen LogP contribution >= 0.6 is 0 Å². The normalized spacial score (nSPS) is 14.6. The number of hydrogen-bond donors (Lipinski definition) is 2. The molecule has 1 aliphatic rings. The van der Waals surface area contributed by atoms with Crippen molar-refractivity contribution < 1.29 is 28.6 Å². The summed E-state index contributed by atoms with van der Waals surface area (Å²) in [6.45, 7) is 2.80. The van der Waals surface area contributed by atoms with Gasteiger partial charge in [-0.3, -0.25) is 24.3 Å². The summed E-state index contributed by atoms with van der Waals surface area (Å²) in [5, 5.41) is 13.0. The summed E-state index contributed by atoms with van der Waals surface area (Å²) in [7, 11) is 0. The number of anilines is 2. The summed E-state index contributed by atoms with van der Waals surface area (Å²) in [6, 6.07) is 10.6. The number of ether oxygens (including phenoxy) is 1. The second-order valence-corrected chi connectivity index (χ2v) is 7.87. The van der Waals surface area contributed by atoms with E-state index in [2.05, 4.69) is 10.3 Å². The van der Waals surface area contributed by atoms with E-state index in [1.165, 1.54) is 23.2 Å². The Balaban J connectivity index is 1.64. The molecule has 0 spiro atoms. The molecule has 0 unspecified atom stereocenters. The van der Waals surface area contributed by atoms with Crippen molar-refractivity contribution in [2.45, 2.75) is 25.8 Å². The van der Waals surface area contributed by atoms with Crippen LogP contribution in [0.4, 0.5) is 15.8 Å². The highest BCUT2D eigenvalue weighted by Gasteiger charge is 2.43. The lowest BCUT2D eigenvalue weighted by Gasteiger charge is -2.41. The van der Waals surface area contributed by atoms with E-state index in [9.17, 15) is 18.8 Å². The van der Waals surface area contributed by atoms with Gasteiger partial charge < -0.3 is 15.2 Å². The first-order chi connectivity index (χ1) is 15.2. The van der Waals surface area contributed by atoms with E-state index in [1.807, 2.05) is 0 Å². The highest BCUT2D eigenvalue weighted by molar-refractivity contribution is 6.14. The molecule has 2 aromatic carbocycles. The number of nitrogens with zero attached hydrogens (tertiary/aromatic N) is 2. The molecule has 164 valence electrons. The summed E-state index contributed by atoms with van der Waals surface area (Å²) < 4.78 is 19.4. The lowest BCUT2D eigenvalue weighted by atomic mass is 9.96. The number of benzene rings is 2. The zero-order valence-electron chi connectivity index (χ0n) is 17.4. The SMILES string of the molecule is CC1(C)C(=O)Nc2cc(F)ccc2N1C(=O)COc1cccc2c(CC(=O)O)nccc12. The van der Waals surface area contributed by atoms with Crippen LogP contribution in [-0.2, 0) is 20.8 Å². The molecule has 1 aromatic heterocycles. The zero-order valence-corrected chi connectivity index (χ0v) is 17.4. The Morgan fingerprint density at radius 1 is 1.19 bits per heavy atom. The van der Waals surface area contributed by atoms with Crippen molar-refractivity contribution in [3.63, 3.8) is 0 Å². The molecule has 32 heavy (non-hydrogen) atoms. The number of carboxylic acid groups (broad SMARTS) is 1. The second-order valence-electron chi connectivity index (χ2n) is 7.87. The fourth-order valence-electron chi connectivity index (χ4n) is 3.78. The van der Waals surface area contributed by atoms with Gasteiger partial charge >= 0.3 is 5.97 Å². The monoisotopic (exact) mass is 437 g/mol. The van der Waals surface area contributed by atoms with E-state index in [0.29, 0.717) is 27.9 Å². The van der Waals surface area contributed by atoms with Gasteiger partial charge in [0.25, 0.3) is 5.91 Å². The number of pyridine rings is 1. The minimum Gasteiger partial charge on any atom is -0.483 e. The number of aliphatic carboxylic acids is 1. The standard InChI is InChI=1S/C23H20FN3O5/c1-23(2)22(31)26-17-10-13(24)6-7-18(17)27(23)20(28)12-32-19-5-3-4-14-15(19)8-9-25-16(14)11-21(29)30/h3-10H,11-12H2,1-2H3,(H,26,31)(H,29,30).